The van der Waals surface area contributed by atoms with Gasteiger partial charge in [-0.25, -0.2) is 13.4 Å². The molecule has 148 valence electrons. The van der Waals surface area contributed by atoms with Crippen molar-refractivity contribution in [3.63, 3.8) is 0 Å². The van der Waals surface area contributed by atoms with Gasteiger partial charge in [-0.1, -0.05) is 18.2 Å². The molecule has 10 heteroatoms. The van der Waals surface area contributed by atoms with Gasteiger partial charge in [0, 0.05) is 29.6 Å². The van der Waals surface area contributed by atoms with Crippen molar-refractivity contribution in [1.29, 1.82) is 0 Å². The van der Waals surface area contributed by atoms with Crippen LogP contribution < -0.4 is 10.0 Å². The largest absolute Gasteiger partial charge is 0.322 e. The van der Waals surface area contributed by atoms with Gasteiger partial charge >= 0.3 is 0 Å². The minimum Gasteiger partial charge on any atom is -0.322 e. The number of carbonyl (C=O) groups excluding carboxylic acids is 1. The Hall–Kier alpha value is -3.79. The number of pyridine rings is 1. The minimum absolute atomic E-state index is 0.0742. The number of aryl methyl sites for hydroxylation is 1. The number of hydrogen-bond donors (Lipinski definition) is 2. The Morgan fingerprint density at radius 2 is 1.86 bits per heavy atom. The highest BCUT2D eigenvalue weighted by Crippen LogP contribution is 2.22. The number of carbonyl (C=O) groups is 1. The van der Waals surface area contributed by atoms with E-state index in [9.17, 15) is 23.3 Å². The molecule has 0 radical (unpaired) electrons. The standard InChI is InChI=1S/C19H16N4O5S/c1-13-8-9-14(19(24)21-15-5-4-6-16(12-15)23(25)26)11-17(13)29(27,28)22-18-7-2-3-10-20-18/h2-12H,1H3,(H,20,22)(H,21,24). The highest BCUT2D eigenvalue weighted by atomic mass is 32.2. The summed E-state index contributed by atoms with van der Waals surface area (Å²) < 4.78 is 27.8. The van der Waals surface area contributed by atoms with Gasteiger partial charge in [0.1, 0.15) is 5.82 Å². The van der Waals surface area contributed by atoms with E-state index in [1.807, 2.05) is 0 Å². The van der Waals surface area contributed by atoms with Crippen LogP contribution in [0.15, 0.2) is 71.8 Å². The van der Waals surface area contributed by atoms with Crippen molar-refractivity contribution < 1.29 is 18.1 Å². The third-order valence-electron chi connectivity index (χ3n) is 3.96. The molecular formula is C19H16N4O5S. The van der Waals surface area contributed by atoms with Crippen LogP contribution in [-0.2, 0) is 10.0 Å². The number of benzene rings is 2. The number of hydrogen-bond acceptors (Lipinski definition) is 6. The lowest BCUT2D eigenvalue weighted by Gasteiger charge is -2.12. The van der Waals surface area contributed by atoms with E-state index < -0.39 is 20.9 Å². The Morgan fingerprint density at radius 3 is 2.55 bits per heavy atom. The van der Waals surface area contributed by atoms with E-state index in [0.717, 1.165) is 0 Å². The number of rotatable bonds is 6. The lowest BCUT2D eigenvalue weighted by Crippen LogP contribution is -2.17. The van der Waals surface area contributed by atoms with E-state index in [4.69, 9.17) is 0 Å². The van der Waals surface area contributed by atoms with Gasteiger partial charge in [-0.05, 0) is 42.8 Å². The van der Waals surface area contributed by atoms with E-state index in [1.54, 1.807) is 19.1 Å². The second-order valence-corrected chi connectivity index (χ2v) is 7.71. The van der Waals surface area contributed by atoms with E-state index >= 15 is 0 Å². The summed E-state index contributed by atoms with van der Waals surface area (Å²) in [7, 11) is -3.97. The molecule has 0 saturated heterocycles. The zero-order chi connectivity index (χ0) is 21.0. The summed E-state index contributed by atoms with van der Waals surface area (Å²) in [6.07, 6.45) is 1.45. The van der Waals surface area contributed by atoms with E-state index in [-0.39, 0.29) is 27.7 Å². The summed E-state index contributed by atoms with van der Waals surface area (Å²) in [5.41, 5.74) is 0.583. The van der Waals surface area contributed by atoms with Crippen molar-refractivity contribution in [1.82, 2.24) is 4.98 Å². The quantitative estimate of drug-likeness (QED) is 0.471. The molecule has 1 amide bonds. The van der Waals surface area contributed by atoms with Crippen LogP contribution in [0.25, 0.3) is 0 Å². The maximum absolute atomic E-state index is 12.7. The Labute approximate surface area is 166 Å². The molecule has 0 atom stereocenters. The van der Waals surface area contributed by atoms with Crippen LogP contribution in [0.2, 0.25) is 0 Å². The van der Waals surface area contributed by atoms with Gasteiger partial charge < -0.3 is 5.32 Å². The van der Waals surface area contributed by atoms with Crippen LogP contribution in [0.1, 0.15) is 15.9 Å². The predicted molar refractivity (Wildman–Crippen MR) is 107 cm³/mol. The molecule has 0 aliphatic heterocycles. The first-order valence-corrected chi connectivity index (χ1v) is 9.85. The van der Waals surface area contributed by atoms with Crippen molar-refractivity contribution >= 4 is 33.1 Å². The summed E-state index contributed by atoms with van der Waals surface area (Å²) in [4.78, 5) is 26.7. The third-order valence-corrected chi connectivity index (χ3v) is 5.46. The molecule has 0 unspecified atom stereocenters. The van der Waals surface area contributed by atoms with E-state index in [2.05, 4.69) is 15.0 Å². The topological polar surface area (TPSA) is 131 Å². The molecular weight excluding hydrogens is 396 g/mol. The SMILES string of the molecule is Cc1ccc(C(=O)Nc2cccc([N+](=O)[O-])c2)cc1S(=O)(=O)Nc1ccccn1. The molecule has 9 nitrogen and oxygen atoms in total. The lowest BCUT2D eigenvalue weighted by atomic mass is 10.1. The van der Waals surface area contributed by atoms with Crippen molar-refractivity contribution in [2.75, 3.05) is 10.0 Å². The second-order valence-electron chi connectivity index (χ2n) is 6.06. The molecule has 0 bridgehead atoms. The average molecular weight is 412 g/mol. The maximum atomic E-state index is 12.7. The molecule has 0 aliphatic rings. The van der Waals surface area contributed by atoms with E-state index in [1.165, 1.54) is 54.7 Å². The van der Waals surface area contributed by atoms with Gasteiger partial charge in [0.05, 0.1) is 9.82 Å². The normalized spacial score (nSPS) is 10.9. The molecule has 3 aromatic rings. The van der Waals surface area contributed by atoms with Gasteiger partial charge in [-0.2, -0.15) is 0 Å². The van der Waals surface area contributed by atoms with Crippen LogP contribution in [0.5, 0.6) is 0 Å². The number of aromatic nitrogens is 1. The Balaban J connectivity index is 1.87. The molecule has 1 aromatic heterocycles. The molecule has 3 rings (SSSR count). The van der Waals surface area contributed by atoms with Crippen LogP contribution in [0.4, 0.5) is 17.2 Å². The van der Waals surface area contributed by atoms with E-state index in [0.29, 0.717) is 5.56 Å². The van der Waals surface area contributed by atoms with Gasteiger partial charge in [0.2, 0.25) is 0 Å². The lowest BCUT2D eigenvalue weighted by molar-refractivity contribution is -0.384. The summed E-state index contributed by atoms with van der Waals surface area (Å²) in [6, 6.07) is 14.5. The molecule has 2 N–H and O–H groups in total. The number of amides is 1. The summed E-state index contributed by atoms with van der Waals surface area (Å²) >= 11 is 0. The maximum Gasteiger partial charge on any atom is 0.271 e. The van der Waals surface area contributed by atoms with Gasteiger partial charge in [0.15, 0.2) is 0 Å². The van der Waals surface area contributed by atoms with Gasteiger partial charge in [0.25, 0.3) is 21.6 Å². The zero-order valence-electron chi connectivity index (χ0n) is 15.2. The first-order chi connectivity index (χ1) is 13.8. The van der Waals surface area contributed by atoms with Crippen LogP contribution in [0, 0.1) is 17.0 Å². The Morgan fingerprint density at radius 1 is 1.07 bits per heavy atom. The van der Waals surface area contributed by atoms with Crippen molar-refractivity contribution in [3.8, 4) is 0 Å². The number of nitrogens with one attached hydrogen (secondary N) is 2. The number of non-ortho nitro benzene ring substituents is 1. The van der Waals surface area contributed by atoms with Crippen molar-refractivity contribution in [2.24, 2.45) is 0 Å². The number of nitrogens with zero attached hydrogens (tertiary/aromatic N) is 2. The molecule has 29 heavy (non-hydrogen) atoms. The molecule has 1 heterocycles. The van der Waals surface area contributed by atoms with Crippen LogP contribution >= 0.6 is 0 Å². The Kier molecular flexibility index (Phi) is 5.55. The minimum atomic E-state index is -3.97. The Bertz CT molecular complexity index is 1180. The fourth-order valence-corrected chi connectivity index (χ4v) is 3.83. The van der Waals surface area contributed by atoms with Gasteiger partial charge in [-0.3, -0.25) is 19.6 Å². The highest BCUT2D eigenvalue weighted by molar-refractivity contribution is 7.92. The highest BCUT2D eigenvalue weighted by Gasteiger charge is 2.20. The van der Waals surface area contributed by atoms with Crippen LogP contribution in [-0.4, -0.2) is 24.2 Å². The molecule has 0 saturated carbocycles. The first kappa shape index (κ1) is 20.0. The van der Waals surface area contributed by atoms with Crippen LogP contribution in [0.3, 0.4) is 0 Å². The molecule has 0 fully saturated rings. The molecule has 0 aliphatic carbocycles. The number of nitro benzene ring substituents is 1. The molecule has 2 aromatic carbocycles. The average Bonchev–Trinajstić information content (AvgIpc) is 2.68. The van der Waals surface area contributed by atoms with Gasteiger partial charge in [-0.15, -0.1) is 0 Å². The number of sulfonamides is 1. The summed E-state index contributed by atoms with van der Waals surface area (Å²) in [5, 5.41) is 13.4. The fourth-order valence-electron chi connectivity index (χ4n) is 2.55. The predicted octanol–water partition coefficient (Wildman–Crippen LogP) is 3.35. The second kappa shape index (κ2) is 8.07. The fraction of sp³-hybridized carbons (Fsp3) is 0.0526. The first-order valence-electron chi connectivity index (χ1n) is 8.36. The van der Waals surface area contributed by atoms with Crippen molar-refractivity contribution in [2.45, 2.75) is 11.8 Å². The summed E-state index contributed by atoms with van der Waals surface area (Å²) in [5.74, 6) is -0.446. The summed E-state index contributed by atoms with van der Waals surface area (Å²) in [6.45, 7) is 1.61. The molecule has 0 spiro atoms. The smallest absolute Gasteiger partial charge is 0.271 e. The third kappa shape index (κ3) is 4.74. The zero-order valence-corrected chi connectivity index (χ0v) is 16.0. The number of anilines is 2. The monoisotopic (exact) mass is 412 g/mol. The number of nitro groups is 1. The van der Waals surface area contributed by atoms with Crippen molar-refractivity contribution in [3.05, 3.63) is 88.1 Å².